The first-order valence-electron chi connectivity index (χ1n) is 7.98. The molecule has 2 N–H and O–H groups in total. The summed E-state index contributed by atoms with van der Waals surface area (Å²) in [6.45, 7) is 0. The Kier molecular flexibility index (Phi) is 5.33. The quantitative estimate of drug-likeness (QED) is 0.671. The van der Waals surface area contributed by atoms with Crippen LogP contribution < -0.4 is 5.32 Å². The van der Waals surface area contributed by atoms with Gasteiger partial charge in [-0.2, -0.15) is 4.98 Å². The highest BCUT2D eigenvalue weighted by molar-refractivity contribution is 5.93. The first kappa shape index (κ1) is 17.3. The molecule has 0 fully saturated rings. The number of nitrogens with zero attached hydrogens (tertiary/aromatic N) is 3. The second-order valence-corrected chi connectivity index (χ2v) is 5.54. The van der Waals surface area contributed by atoms with Gasteiger partial charge in [0.25, 0.3) is 0 Å². The van der Waals surface area contributed by atoms with Crippen LogP contribution >= 0.6 is 0 Å². The number of carboxylic acids is 1. The average molecular weight is 352 g/mol. The number of carboxylic acid groups (broad SMARTS) is 1. The van der Waals surface area contributed by atoms with E-state index in [9.17, 15) is 9.59 Å². The van der Waals surface area contributed by atoms with Gasteiger partial charge >= 0.3 is 5.97 Å². The fourth-order valence-electron chi connectivity index (χ4n) is 2.32. The zero-order chi connectivity index (χ0) is 18.4. The molecule has 3 aromatic rings. The minimum Gasteiger partial charge on any atom is -0.478 e. The van der Waals surface area contributed by atoms with Crippen molar-refractivity contribution in [2.45, 2.75) is 19.3 Å². The highest BCUT2D eigenvalue weighted by Crippen LogP contribution is 2.15. The molecule has 3 rings (SSSR count). The van der Waals surface area contributed by atoms with Gasteiger partial charge in [0.05, 0.1) is 5.56 Å². The van der Waals surface area contributed by atoms with Gasteiger partial charge in [0, 0.05) is 36.5 Å². The summed E-state index contributed by atoms with van der Waals surface area (Å²) in [6, 6.07) is 9.72. The number of hydrogen-bond donors (Lipinski definition) is 2. The maximum absolute atomic E-state index is 12.0. The molecule has 0 aliphatic heterocycles. The molecule has 1 aromatic carbocycles. The fraction of sp³-hybridized carbons (Fsp3) is 0.167. The van der Waals surface area contributed by atoms with Gasteiger partial charge in [0.2, 0.25) is 17.6 Å². The predicted molar refractivity (Wildman–Crippen MR) is 92.5 cm³/mol. The summed E-state index contributed by atoms with van der Waals surface area (Å²) in [5.74, 6) is -0.339. The van der Waals surface area contributed by atoms with Crippen molar-refractivity contribution in [1.82, 2.24) is 15.1 Å². The number of aromatic nitrogens is 3. The average Bonchev–Trinajstić information content (AvgIpc) is 3.11. The molecule has 0 atom stereocenters. The molecule has 0 unspecified atom stereocenters. The van der Waals surface area contributed by atoms with Gasteiger partial charge in [-0.1, -0.05) is 11.2 Å². The minimum absolute atomic E-state index is 0.122. The first-order valence-corrected chi connectivity index (χ1v) is 7.98. The van der Waals surface area contributed by atoms with Crippen LogP contribution in [0.25, 0.3) is 11.4 Å². The molecular weight excluding hydrogens is 336 g/mol. The van der Waals surface area contributed by atoms with Gasteiger partial charge in [-0.3, -0.25) is 9.78 Å². The standard InChI is InChI=1S/C18H16N4O4/c23-15(20-14-6-1-4-12(10-14)18(24)25)7-2-8-16-21-17(22-26-16)13-5-3-9-19-11-13/h1,3-6,9-11H,2,7-8H2,(H,20,23)(H,24,25). The molecule has 0 saturated carbocycles. The Morgan fingerprint density at radius 3 is 2.85 bits per heavy atom. The second-order valence-electron chi connectivity index (χ2n) is 5.54. The molecule has 2 heterocycles. The number of aromatic carboxylic acids is 1. The Balaban J connectivity index is 1.49. The van der Waals surface area contributed by atoms with Crippen molar-refractivity contribution >= 4 is 17.6 Å². The summed E-state index contributed by atoms with van der Waals surface area (Å²) in [5.41, 5.74) is 1.33. The summed E-state index contributed by atoms with van der Waals surface area (Å²) in [5, 5.41) is 15.5. The topological polar surface area (TPSA) is 118 Å². The predicted octanol–water partition coefficient (Wildman–Crippen LogP) is 2.79. The minimum atomic E-state index is -1.04. The molecule has 0 spiro atoms. The van der Waals surface area contributed by atoms with E-state index in [1.807, 2.05) is 6.07 Å². The van der Waals surface area contributed by atoms with Crippen LogP contribution in [-0.2, 0) is 11.2 Å². The van der Waals surface area contributed by atoms with Crippen LogP contribution in [0.3, 0.4) is 0 Å². The fourth-order valence-corrected chi connectivity index (χ4v) is 2.32. The van der Waals surface area contributed by atoms with E-state index in [0.29, 0.717) is 30.2 Å². The summed E-state index contributed by atoms with van der Waals surface area (Å²) >= 11 is 0. The molecule has 0 aliphatic rings. The van der Waals surface area contributed by atoms with E-state index >= 15 is 0 Å². The lowest BCUT2D eigenvalue weighted by molar-refractivity contribution is -0.116. The lowest BCUT2D eigenvalue weighted by Gasteiger charge is -2.05. The van der Waals surface area contributed by atoms with Crippen LogP contribution in [0.2, 0.25) is 0 Å². The van der Waals surface area contributed by atoms with Crippen molar-refractivity contribution in [3.8, 4) is 11.4 Å². The number of anilines is 1. The third-order valence-electron chi connectivity index (χ3n) is 3.58. The largest absolute Gasteiger partial charge is 0.478 e. The Labute approximate surface area is 148 Å². The Bertz CT molecular complexity index is 908. The van der Waals surface area contributed by atoms with Crippen molar-refractivity contribution in [2.24, 2.45) is 0 Å². The van der Waals surface area contributed by atoms with E-state index in [4.69, 9.17) is 9.63 Å². The Hall–Kier alpha value is -3.55. The van der Waals surface area contributed by atoms with E-state index in [-0.39, 0.29) is 17.9 Å². The first-order chi connectivity index (χ1) is 12.6. The molecule has 8 heteroatoms. The van der Waals surface area contributed by atoms with Crippen LogP contribution in [0, 0.1) is 0 Å². The Morgan fingerprint density at radius 2 is 2.08 bits per heavy atom. The normalized spacial score (nSPS) is 10.5. The number of benzene rings is 1. The number of pyridine rings is 1. The summed E-state index contributed by atoms with van der Waals surface area (Å²) in [7, 11) is 0. The molecule has 132 valence electrons. The number of rotatable bonds is 7. The number of nitrogens with one attached hydrogen (secondary N) is 1. The zero-order valence-electron chi connectivity index (χ0n) is 13.8. The molecule has 0 aliphatic carbocycles. The van der Waals surface area contributed by atoms with Crippen LogP contribution in [0.15, 0.2) is 53.3 Å². The van der Waals surface area contributed by atoms with Gasteiger partial charge in [-0.25, -0.2) is 4.79 Å². The van der Waals surface area contributed by atoms with Crippen LogP contribution in [-0.4, -0.2) is 32.1 Å². The van der Waals surface area contributed by atoms with E-state index in [0.717, 1.165) is 5.56 Å². The number of carbonyl (C=O) groups is 2. The molecule has 8 nitrogen and oxygen atoms in total. The number of amides is 1. The molecular formula is C18H16N4O4. The molecule has 26 heavy (non-hydrogen) atoms. The van der Waals surface area contributed by atoms with Crippen LogP contribution in [0.4, 0.5) is 5.69 Å². The molecule has 0 bridgehead atoms. The van der Waals surface area contributed by atoms with Gasteiger partial charge < -0.3 is 14.9 Å². The SMILES string of the molecule is O=C(CCCc1nc(-c2cccnc2)no1)Nc1cccc(C(=O)O)c1. The molecule has 2 aromatic heterocycles. The van der Waals surface area contributed by atoms with Gasteiger partial charge in [0.1, 0.15) is 0 Å². The summed E-state index contributed by atoms with van der Waals surface area (Å²) in [4.78, 5) is 31.2. The highest BCUT2D eigenvalue weighted by atomic mass is 16.5. The monoisotopic (exact) mass is 352 g/mol. The number of hydrogen-bond acceptors (Lipinski definition) is 6. The van der Waals surface area contributed by atoms with E-state index in [2.05, 4.69) is 20.4 Å². The van der Waals surface area contributed by atoms with Crippen molar-refractivity contribution in [1.29, 1.82) is 0 Å². The Morgan fingerprint density at radius 1 is 1.19 bits per heavy atom. The highest BCUT2D eigenvalue weighted by Gasteiger charge is 2.10. The second kappa shape index (κ2) is 8.02. The lowest BCUT2D eigenvalue weighted by atomic mass is 10.2. The third kappa shape index (κ3) is 4.50. The van der Waals surface area contributed by atoms with E-state index in [1.54, 1.807) is 30.6 Å². The molecule has 1 amide bonds. The van der Waals surface area contributed by atoms with E-state index < -0.39 is 5.97 Å². The molecule has 0 saturated heterocycles. The third-order valence-corrected chi connectivity index (χ3v) is 3.58. The summed E-state index contributed by atoms with van der Waals surface area (Å²) < 4.78 is 5.18. The maximum Gasteiger partial charge on any atom is 0.335 e. The summed E-state index contributed by atoms with van der Waals surface area (Å²) in [6.07, 6.45) is 4.56. The zero-order valence-corrected chi connectivity index (χ0v) is 13.8. The van der Waals surface area contributed by atoms with Crippen molar-refractivity contribution in [2.75, 3.05) is 5.32 Å². The van der Waals surface area contributed by atoms with E-state index in [1.165, 1.54) is 12.1 Å². The van der Waals surface area contributed by atoms with Gasteiger partial charge in [-0.05, 0) is 36.8 Å². The van der Waals surface area contributed by atoms with Gasteiger partial charge in [-0.15, -0.1) is 0 Å². The maximum atomic E-state index is 12.0. The van der Waals surface area contributed by atoms with Crippen molar-refractivity contribution < 1.29 is 19.2 Å². The van der Waals surface area contributed by atoms with Crippen molar-refractivity contribution in [3.63, 3.8) is 0 Å². The van der Waals surface area contributed by atoms with Crippen LogP contribution in [0.5, 0.6) is 0 Å². The lowest BCUT2D eigenvalue weighted by Crippen LogP contribution is -2.12. The molecule has 0 radical (unpaired) electrons. The number of carbonyl (C=O) groups excluding carboxylic acids is 1. The van der Waals surface area contributed by atoms with Gasteiger partial charge in [0.15, 0.2) is 0 Å². The number of aryl methyl sites for hydroxylation is 1. The van der Waals surface area contributed by atoms with Crippen LogP contribution in [0.1, 0.15) is 29.1 Å². The smallest absolute Gasteiger partial charge is 0.335 e. The van der Waals surface area contributed by atoms with Crippen molar-refractivity contribution in [3.05, 3.63) is 60.2 Å².